The summed E-state index contributed by atoms with van der Waals surface area (Å²) in [6.07, 6.45) is 6.17. The van der Waals surface area contributed by atoms with Crippen LogP contribution in [0.5, 0.6) is 5.88 Å². The molecule has 1 aromatic heterocycles. The third kappa shape index (κ3) is 5.06. The van der Waals surface area contributed by atoms with Crippen LogP contribution in [0.3, 0.4) is 0 Å². The molecule has 0 bridgehead atoms. The van der Waals surface area contributed by atoms with Gasteiger partial charge >= 0.3 is 0 Å². The van der Waals surface area contributed by atoms with Crippen molar-refractivity contribution in [2.45, 2.75) is 37.0 Å². The molecule has 5 N–H and O–H groups in total. The Labute approximate surface area is 153 Å². The lowest BCUT2D eigenvalue weighted by atomic mass is 9.90. The van der Waals surface area contributed by atoms with Gasteiger partial charge in [-0.2, -0.15) is 9.97 Å². The highest BCUT2D eigenvalue weighted by Gasteiger charge is 2.15. The Kier molecular flexibility index (Phi) is 5.58. The molecule has 1 fully saturated rings. The molecule has 1 saturated carbocycles. The number of hydrogen-bond acceptors (Lipinski definition) is 7. The molecule has 1 aromatic carbocycles. The third-order valence-corrected chi connectivity index (χ3v) is 5.28. The highest BCUT2D eigenvalue weighted by atomic mass is 32.2. The first-order chi connectivity index (χ1) is 12.4. The van der Waals surface area contributed by atoms with E-state index in [0.717, 1.165) is 0 Å². The molecular weight excluding hydrogens is 354 g/mol. The van der Waals surface area contributed by atoms with E-state index in [2.05, 4.69) is 15.3 Å². The lowest BCUT2D eigenvalue weighted by Gasteiger charge is -2.21. The number of sulfonamides is 1. The minimum atomic E-state index is -3.72. The van der Waals surface area contributed by atoms with E-state index >= 15 is 0 Å². The monoisotopic (exact) mass is 377 g/mol. The summed E-state index contributed by atoms with van der Waals surface area (Å²) in [5.74, 6) is 1.56. The fraction of sp³-hybridized carbons (Fsp3) is 0.412. The van der Waals surface area contributed by atoms with Crippen LogP contribution < -0.4 is 20.9 Å². The van der Waals surface area contributed by atoms with Crippen LogP contribution in [-0.2, 0) is 10.0 Å². The Bertz CT molecular complexity index is 849. The number of primary sulfonamides is 1. The quantitative estimate of drug-likeness (QED) is 0.704. The van der Waals surface area contributed by atoms with Crippen molar-refractivity contribution in [3.8, 4) is 5.88 Å². The van der Waals surface area contributed by atoms with Crippen LogP contribution in [-0.4, -0.2) is 25.0 Å². The van der Waals surface area contributed by atoms with Crippen molar-refractivity contribution in [3.05, 3.63) is 30.3 Å². The Balaban J connectivity index is 1.67. The minimum absolute atomic E-state index is 0.0352. The molecule has 0 saturated heterocycles. The largest absolute Gasteiger partial charge is 0.477 e. The summed E-state index contributed by atoms with van der Waals surface area (Å²) in [6.45, 7) is 0.624. The summed E-state index contributed by atoms with van der Waals surface area (Å²) < 4.78 is 28.4. The van der Waals surface area contributed by atoms with Gasteiger partial charge in [-0.25, -0.2) is 13.6 Å². The topological polar surface area (TPSA) is 133 Å². The second-order valence-electron chi connectivity index (χ2n) is 6.46. The first-order valence-corrected chi connectivity index (χ1v) is 10.1. The van der Waals surface area contributed by atoms with E-state index in [1.807, 2.05) is 0 Å². The van der Waals surface area contributed by atoms with Crippen molar-refractivity contribution in [2.24, 2.45) is 11.1 Å². The highest BCUT2D eigenvalue weighted by Crippen LogP contribution is 2.25. The molecule has 0 unspecified atom stereocenters. The van der Waals surface area contributed by atoms with Crippen molar-refractivity contribution in [3.63, 3.8) is 0 Å². The summed E-state index contributed by atoms with van der Waals surface area (Å²) >= 11 is 0. The second kappa shape index (κ2) is 7.88. The molecule has 0 spiro atoms. The molecular formula is C17H23N5O3S. The van der Waals surface area contributed by atoms with Gasteiger partial charge in [-0.1, -0.05) is 19.3 Å². The lowest BCUT2D eigenvalue weighted by molar-refractivity contribution is 0.203. The van der Waals surface area contributed by atoms with Gasteiger partial charge in [-0.15, -0.1) is 0 Å². The third-order valence-electron chi connectivity index (χ3n) is 4.35. The number of rotatable bonds is 6. The van der Waals surface area contributed by atoms with Gasteiger partial charge in [-0.05, 0) is 43.0 Å². The van der Waals surface area contributed by atoms with E-state index in [4.69, 9.17) is 15.6 Å². The Morgan fingerprint density at radius 1 is 1.12 bits per heavy atom. The first-order valence-electron chi connectivity index (χ1n) is 8.57. The summed E-state index contributed by atoms with van der Waals surface area (Å²) in [6, 6.07) is 7.57. The number of nitrogens with one attached hydrogen (secondary N) is 1. The van der Waals surface area contributed by atoms with Gasteiger partial charge in [0.2, 0.25) is 21.9 Å². The van der Waals surface area contributed by atoms with Gasteiger partial charge in [0.05, 0.1) is 11.5 Å². The van der Waals surface area contributed by atoms with Gasteiger partial charge < -0.3 is 15.8 Å². The van der Waals surface area contributed by atoms with Gasteiger partial charge in [0.25, 0.3) is 0 Å². The molecule has 0 amide bonds. The second-order valence-corrected chi connectivity index (χ2v) is 8.03. The van der Waals surface area contributed by atoms with E-state index in [9.17, 15) is 8.42 Å². The SMILES string of the molecule is Nc1cc(OCC2CCCCC2)nc(Nc2ccc(S(N)(=O)=O)cc2)n1. The minimum Gasteiger partial charge on any atom is -0.477 e. The van der Waals surface area contributed by atoms with Crippen LogP contribution in [0.25, 0.3) is 0 Å². The zero-order valence-electron chi connectivity index (χ0n) is 14.4. The standard InChI is InChI=1S/C17H23N5O3S/c18-15-10-16(25-11-12-4-2-1-3-5-12)22-17(21-15)20-13-6-8-14(9-7-13)26(19,23)24/h6-10,12H,1-5,11H2,(H2,19,23,24)(H3,18,20,21,22). The average molecular weight is 377 g/mol. The van der Waals surface area contributed by atoms with Gasteiger partial charge in [-0.3, -0.25) is 0 Å². The zero-order chi connectivity index (χ0) is 18.6. The van der Waals surface area contributed by atoms with E-state index in [1.165, 1.54) is 44.2 Å². The maximum absolute atomic E-state index is 11.3. The van der Waals surface area contributed by atoms with Crippen LogP contribution in [0.1, 0.15) is 32.1 Å². The molecule has 2 aromatic rings. The molecule has 1 heterocycles. The molecule has 8 nitrogen and oxygen atoms in total. The number of ether oxygens (including phenoxy) is 1. The number of nitrogens with two attached hydrogens (primary N) is 2. The Morgan fingerprint density at radius 3 is 2.46 bits per heavy atom. The smallest absolute Gasteiger partial charge is 0.238 e. The molecule has 0 aliphatic heterocycles. The van der Waals surface area contributed by atoms with E-state index in [1.54, 1.807) is 18.2 Å². The van der Waals surface area contributed by atoms with Crippen molar-refractivity contribution in [1.82, 2.24) is 9.97 Å². The molecule has 0 radical (unpaired) electrons. The van der Waals surface area contributed by atoms with Gasteiger partial charge in [0.1, 0.15) is 5.82 Å². The summed E-state index contributed by atoms with van der Waals surface area (Å²) in [7, 11) is -3.72. The number of aromatic nitrogens is 2. The number of benzene rings is 1. The zero-order valence-corrected chi connectivity index (χ0v) is 15.2. The number of hydrogen-bond donors (Lipinski definition) is 3. The average Bonchev–Trinajstić information content (AvgIpc) is 2.60. The number of nitrogen functional groups attached to an aromatic ring is 1. The summed E-state index contributed by atoms with van der Waals surface area (Å²) in [5.41, 5.74) is 6.45. The molecule has 0 atom stereocenters. The predicted octanol–water partition coefficient (Wildman–Crippen LogP) is 2.41. The number of anilines is 3. The first kappa shape index (κ1) is 18.4. The Hall–Kier alpha value is -2.39. The molecule has 3 rings (SSSR count). The normalized spacial score (nSPS) is 15.6. The van der Waals surface area contributed by atoms with Crippen molar-refractivity contribution < 1.29 is 13.2 Å². The van der Waals surface area contributed by atoms with E-state index < -0.39 is 10.0 Å². The van der Waals surface area contributed by atoms with E-state index in [-0.39, 0.29) is 10.8 Å². The van der Waals surface area contributed by atoms with Crippen LogP contribution in [0.2, 0.25) is 0 Å². The molecule has 140 valence electrons. The Morgan fingerprint density at radius 2 is 1.81 bits per heavy atom. The maximum Gasteiger partial charge on any atom is 0.238 e. The molecule has 26 heavy (non-hydrogen) atoms. The van der Waals surface area contributed by atoms with E-state index in [0.29, 0.717) is 29.9 Å². The summed E-state index contributed by atoms with van der Waals surface area (Å²) in [5, 5.41) is 8.07. The van der Waals surface area contributed by atoms with Crippen molar-refractivity contribution >= 4 is 27.5 Å². The summed E-state index contributed by atoms with van der Waals surface area (Å²) in [4.78, 5) is 8.48. The maximum atomic E-state index is 11.3. The van der Waals surface area contributed by atoms with Crippen LogP contribution in [0.15, 0.2) is 35.2 Å². The van der Waals surface area contributed by atoms with Crippen LogP contribution in [0, 0.1) is 5.92 Å². The predicted molar refractivity (Wildman–Crippen MR) is 99.6 cm³/mol. The molecule has 1 aliphatic rings. The molecule has 1 aliphatic carbocycles. The fourth-order valence-corrected chi connectivity index (χ4v) is 3.50. The number of nitrogens with zero attached hydrogens (tertiary/aromatic N) is 2. The fourth-order valence-electron chi connectivity index (χ4n) is 2.99. The van der Waals surface area contributed by atoms with Crippen LogP contribution in [0.4, 0.5) is 17.5 Å². The van der Waals surface area contributed by atoms with Gasteiger partial charge in [0, 0.05) is 11.8 Å². The molecule has 9 heteroatoms. The highest BCUT2D eigenvalue weighted by molar-refractivity contribution is 7.89. The van der Waals surface area contributed by atoms with Crippen molar-refractivity contribution in [1.29, 1.82) is 0 Å². The lowest BCUT2D eigenvalue weighted by Crippen LogP contribution is -2.16. The van der Waals surface area contributed by atoms with Gasteiger partial charge in [0.15, 0.2) is 0 Å². The van der Waals surface area contributed by atoms with Crippen molar-refractivity contribution in [2.75, 3.05) is 17.7 Å². The van der Waals surface area contributed by atoms with Crippen LogP contribution >= 0.6 is 0 Å².